The van der Waals surface area contributed by atoms with Gasteiger partial charge in [0.2, 0.25) is 0 Å². The van der Waals surface area contributed by atoms with Gasteiger partial charge in [0.25, 0.3) is 0 Å². The fraction of sp³-hybridized carbons (Fsp3) is 0.938. The molecule has 0 aromatic heterocycles. The van der Waals surface area contributed by atoms with Gasteiger partial charge in [0.05, 0.1) is 5.84 Å². The predicted molar refractivity (Wildman–Crippen MR) is 76.6 cm³/mol. The second-order valence-corrected chi connectivity index (χ2v) is 7.40. The van der Waals surface area contributed by atoms with Crippen molar-refractivity contribution in [2.24, 2.45) is 33.9 Å². The Morgan fingerprint density at radius 3 is 2.11 bits per heavy atom. The van der Waals surface area contributed by atoms with E-state index < -0.39 is 0 Å². The molecule has 2 nitrogen and oxygen atoms in total. The molecule has 0 aromatic carbocycles. The van der Waals surface area contributed by atoms with Crippen molar-refractivity contribution in [2.45, 2.75) is 64.7 Å². The molecule has 0 aromatic rings. The summed E-state index contributed by atoms with van der Waals surface area (Å²) >= 11 is 0. The Bertz CT molecular complexity index is 293. The fourth-order valence-electron chi connectivity index (χ4n) is 5.46. The van der Waals surface area contributed by atoms with E-state index in [1.54, 1.807) is 38.5 Å². The van der Waals surface area contributed by atoms with Crippen LogP contribution in [0.25, 0.3) is 0 Å². The van der Waals surface area contributed by atoms with E-state index in [4.69, 9.17) is 5.73 Å². The lowest BCUT2D eigenvalue weighted by Gasteiger charge is -2.57. The van der Waals surface area contributed by atoms with Crippen LogP contribution in [-0.4, -0.2) is 12.4 Å². The number of nitrogens with two attached hydrogens (primary N) is 1. The zero-order chi connectivity index (χ0) is 12.6. The average molecular weight is 248 g/mol. The third-order valence-electron chi connectivity index (χ3n) is 5.64. The molecular formula is C16H28N2. The average Bonchev–Trinajstić information content (AvgIpc) is 2.25. The van der Waals surface area contributed by atoms with E-state index >= 15 is 0 Å². The van der Waals surface area contributed by atoms with Gasteiger partial charge in [-0.25, -0.2) is 0 Å². The summed E-state index contributed by atoms with van der Waals surface area (Å²) in [5.41, 5.74) is 6.33. The normalized spacial score (nSPS) is 42.5. The molecule has 4 saturated carbocycles. The van der Waals surface area contributed by atoms with E-state index in [0.29, 0.717) is 0 Å². The second-order valence-electron chi connectivity index (χ2n) is 7.40. The molecule has 4 bridgehead atoms. The third kappa shape index (κ3) is 2.57. The number of amidine groups is 1. The van der Waals surface area contributed by atoms with Crippen LogP contribution in [0.5, 0.6) is 0 Å². The summed E-state index contributed by atoms with van der Waals surface area (Å²) < 4.78 is 0. The molecular weight excluding hydrogens is 220 g/mol. The highest BCUT2D eigenvalue weighted by Crippen LogP contribution is 2.61. The van der Waals surface area contributed by atoms with Gasteiger partial charge in [-0.1, -0.05) is 6.42 Å². The SMILES string of the molecule is CC(N)=NCCCCC12CC3CC(CC(C3)C1)C2. The van der Waals surface area contributed by atoms with Gasteiger partial charge in [-0.15, -0.1) is 0 Å². The lowest BCUT2D eigenvalue weighted by atomic mass is 9.48. The molecule has 2 heteroatoms. The summed E-state index contributed by atoms with van der Waals surface area (Å²) in [6, 6.07) is 0. The first-order valence-corrected chi connectivity index (χ1v) is 7.92. The first-order chi connectivity index (χ1) is 8.65. The largest absolute Gasteiger partial charge is 0.388 e. The van der Waals surface area contributed by atoms with Crippen LogP contribution in [0.1, 0.15) is 64.7 Å². The Hall–Kier alpha value is -0.530. The van der Waals surface area contributed by atoms with Crippen molar-refractivity contribution in [3.05, 3.63) is 0 Å². The standard InChI is InChI=1S/C16H28N2/c1-12(17)18-5-3-2-4-16-9-13-6-14(10-16)8-15(7-13)11-16/h13-15H,2-11H2,1H3,(H2,17,18). The highest BCUT2D eigenvalue weighted by molar-refractivity contribution is 5.77. The fourth-order valence-corrected chi connectivity index (χ4v) is 5.46. The van der Waals surface area contributed by atoms with Crippen LogP contribution in [0.15, 0.2) is 4.99 Å². The Balaban J connectivity index is 1.49. The number of unbranched alkanes of at least 4 members (excludes halogenated alkanes) is 1. The van der Waals surface area contributed by atoms with Crippen LogP contribution < -0.4 is 5.73 Å². The first kappa shape index (κ1) is 12.5. The molecule has 0 radical (unpaired) electrons. The van der Waals surface area contributed by atoms with Crippen LogP contribution in [0.4, 0.5) is 0 Å². The molecule has 4 rings (SSSR count). The molecule has 0 atom stereocenters. The topological polar surface area (TPSA) is 38.4 Å². The lowest BCUT2D eigenvalue weighted by Crippen LogP contribution is -2.45. The summed E-state index contributed by atoms with van der Waals surface area (Å²) in [5.74, 6) is 4.03. The molecule has 0 amide bonds. The van der Waals surface area contributed by atoms with Crippen molar-refractivity contribution < 1.29 is 0 Å². The lowest BCUT2D eigenvalue weighted by molar-refractivity contribution is -0.0582. The molecule has 102 valence electrons. The van der Waals surface area contributed by atoms with Crippen molar-refractivity contribution in [3.8, 4) is 0 Å². The van der Waals surface area contributed by atoms with E-state index in [1.807, 2.05) is 6.92 Å². The highest BCUT2D eigenvalue weighted by Gasteiger charge is 2.50. The summed E-state index contributed by atoms with van der Waals surface area (Å²) in [5, 5.41) is 0. The molecule has 4 fully saturated rings. The minimum atomic E-state index is 0.741. The molecule has 0 saturated heterocycles. The smallest absolute Gasteiger partial charge is 0.0905 e. The summed E-state index contributed by atoms with van der Waals surface area (Å²) in [7, 11) is 0. The second kappa shape index (κ2) is 4.86. The van der Waals surface area contributed by atoms with Gasteiger partial charge in [0, 0.05) is 6.54 Å². The Morgan fingerprint density at radius 2 is 1.61 bits per heavy atom. The van der Waals surface area contributed by atoms with Gasteiger partial charge in [0.15, 0.2) is 0 Å². The van der Waals surface area contributed by atoms with Crippen LogP contribution in [-0.2, 0) is 0 Å². The quantitative estimate of drug-likeness (QED) is 0.449. The zero-order valence-corrected chi connectivity index (χ0v) is 11.8. The highest BCUT2D eigenvalue weighted by atomic mass is 14.8. The zero-order valence-electron chi connectivity index (χ0n) is 11.8. The van der Waals surface area contributed by atoms with E-state index in [0.717, 1.165) is 35.5 Å². The summed E-state index contributed by atoms with van der Waals surface area (Å²) in [6.45, 7) is 2.83. The van der Waals surface area contributed by atoms with E-state index in [2.05, 4.69) is 4.99 Å². The van der Waals surface area contributed by atoms with Crippen LogP contribution in [0.3, 0.4) is 0 Å². The van der Waals surface area contributed by atoms with Crippen LogP contribution in [0.2, 0.25) is 0 Å². The number of rotatable bonds is 5. The molecule has 0 heterocycles. The van der Waals surface area contributed by atoms with Crippen molar-refractivity contribution in [3.63, 3.8) is 0 Å². The van der Waals surface area contributed by atoms with Crippen LogP contribution in [0, 0.1) is 23.2 Å². The monoisotopic (exact) mass is 248 g/mol. The number of nitrogens with zero attached hydrogens (tertiary/aromatic N) is 1. The molecule has 0 aliphatic heterocycles. The predicted octanol–water partition coefficient (Wildman–Crippen LogP) is 3.75. The van der Waals surface area contributed by atoms with E-state index in [9.17, 15) is 0 Å². The van der Waals surface area contributed by atoms with Gasteiger partial charge >= 0.3 is 0 Å². The van der Waals surface area contributed by atoms with Crippen molar-refractivity contribution in [1.82, 2.24) is 0 Å². The van der Waals surface area contributed by atoms with Crippen molar-refractivity contribution in [2.75, 3.05) is 6.54 Å². The number of hydrogen-bond donors (Lipinski definition) is 1. The Labute approximate surface area is 111 Å². The molecule has 4 aliphatic rings. The van der Waals surface area contributed by atoms with E-state index in [1.165, 1.54) is 19.3 Å². The van der Waals surface area contributed by atoms with Crippen molar-refractivity contribution in [1.29, 1.82) is 0 Å². The number of aliphatic imine (C=N–C) groups is 1. The van der Waals surface area contributed by atoms with Gasteiger partial charge in [-0.05, 0) is 81.5 Å². The summed E-state index contributed by atoms with van der Waals surface area (Å²) in [6.07, 6.45) is 13.4. The van der Waals surface area contributed by atoms with E-state index in [-0.39, 0.29) is 0 Å². The molecule has 0 unspecified atom stereocenters. The van der Waals surface area contributed by atoms with Crippen LogP contribution >= 0.6 is 0 Å². The maximum Gasteiger partial charge on any atom is 0.0905 e. The molecule has 18 heavy (non-hydrogen) atoms. The van der Waals surface area contributed by atoms with Gasteiger partial charge in [0.1, 0.15) is 0 Å². The number of hydrogen-bond acceptors (Lipinski definition) is 1. The minimum Gasteiger partial charge on any atom is -0.388 e. The maximum absolute atomic E-state index is 5.57. The van der Waals surface area contributed by atoms with Gasteiger partial charge in [-0.3, -0.25) is 4.99 Å². The summed E-state index contributed by atoms with van der Waals surface area (Å²) in [4.78, 5) is 4.30. The Kier molecular flexibility index (Phi) is 3.38. The minimum absolute atomic E-state index is 0.741. The van der Waals surface area contributed by atoms with Gasteiger partial charge in [-0.2, -0.15) is 0 Å². The third-order valence-corrected chi connectivity index (χ3v) is 5.64. The Morgan fingerprint density at radius 1 is 1.06 bits per heavy atom. The molecule has 4 aliphatic carbocycles. The first-order valence-electron chi connectivity index (χ1n) is 7.92. The van der Waals surface area contributed by atoms with Crippen molar-refractivity contribution >= 4 is 5.84 Å². The maximum atomic E-state index is 5.57. The van der Waals surface area contributed by atoms with Gasteiger partial charge < -0.3 is 5.73 Å². The molecule has 2 N–H and O–H groups in total. The molecule has 0 spiro atoms.